The molecule has 1 aromatic rings. The fourth-order valence-corrected chi connectivity index (χ4v) is 1.84. The van der Waals surface area contributed by atoms with E-state index in [1.807, 2.05) is 0 Å². The van der Waals surface area contributed by atoms with Crippen LogP contribution in [-0.2, 0) is 0 Å². The molecule has 0 aliphatic heterocycles. The van der Waals surface area contributed by atoms with E-state index in [1.165, 1.54) is 10.5 Å². The third-order valence-electron chi connectivity index (χ3n) is 1.94. The second-order valence-corrected chi connectivity index (χ2v) is 5.01. The van der Waals surface area contributed by atoms with E-state index in [0.717, 1.165) is 0 Å². The molecule has 78 valence electrons. The third-order valence-corrected chi connectivity index (χ3v) is 3.02. The molecule has 0 saturated carbocycles. The largest absolute Gasteiger partial charge is 0.257 e. The molecular formula is C12H19NS. The summed E-state index contributed by atoms with van der Waals surface area (Å²) in [6.45, 7) is 8.75. The van der Waals surface area contributed by atoms with Crippen LogP contribution in [0.25, 0.3) is 0 Å². The Morgan fingerprint density at radius 2 is 1.86 bits per heavy atom. The van der Waals surface area contributed by atoms with Gasteiger partial charge >= 0.3 is 0 Å². The van der Waals surface area contributed by atoms with Gasteiger partial charge < -0.3 is 0 Å². The summed E-state index contributed by atoms with van der Waals surface area (Å²) in [4.78, 5) is 1.30. The van der Waals surface area contributed by atoms with Crippen LogP contribution in [0.1, 0.15) is 39.2 Å². The van der Waals surface area contributed by atoms with Gasteiger partial charge in [-0.05, 0) is 49.4 Å². The minimum absolute atomic E-state index is 0.516. The van der Waals surface area contributed by atoms with Crippen molar-refractivity contribution in [2.24, 2.45) is 0 Å². The summed E-state index contributed by atoms with van der Waals surface area (Å²) in [6, 6.07) is 9.23. The van der Waals surface area contributed by atoms with Crippen molar-refractivity contribution in [2.45, 2.75) is 44.6 Å². The van der Waals surface area contributed by atoms with Gasteiger partial charge in [0.2, 0.25) is 0 Å². The van der Waals surface area contributed by atoms with Gasteiger partial charge in [0.05, 0.1) is 0 Å². The molecule has 0 aliphatic rings. The summed E-state index contributed by atoms with van der Waals surface area (Å²) >= 11 is 1.71. The molecule has 1 aromatic carbocycles. The van der Waals surface area contributed by atoms with Crippen LogP contribution >= 0.6 is 11.9 Å². The second kappa shape index (κ2) is 5.42. The van der Waals surface area contributed by atoms with E-state index in [-0.39, 0.29) is 0 Å². The van der Waals surface area contributed by atoms with Gasteiger partial charge in [-0.1, -0.05) is 26.0 Å². The van der Waals surface area contributed by atoms with Gasteiger partial charge in [-0.3, -0.25) is 4.72 Å². The summed E-state index contributed by atoms with van der Waals surface area (Å²) in [5.74, 6) is 0.606. The highest BCUT2D eigenvalue weighted by atomic mass is 32.2. The summed E-state index contributed by atoms with van der Waals surface area (Å²) in [5.41, 5.74) is 1.40. The zero-order chi connectivity index (χ0) is 10.6. The smallest absolute Gasteiger partial charge is 0.0231 e. The van der Waals surface area contributed by atoms with Crippen LogP contribution in [0.15, 0.2) is 29.2 Å². The SMILES string of the molecule is CC(C)NSc1cccc(C(C)C)c1. The molecule has 0 spiro atoms. The fourth-order valence-electron chi connectivity index (χ4n) is 1.12. The third kappa shape index (κ3) is 3.72. The molecule has 1 rings (SSSR count). The zero-order valence-electron chi connectivity index (χ0n) is 9.37. The van der Waals surface area contributed by atoms with E-state index in [9.17, 15) is 0 Å². The predicted octanol–water partition coefficient (Wildman–Crippen LogP) is 3.82. The van der Waals surface area contributed by atoms with Gasteiger partial charge in [0.15, 0.2) is 0 Å². The van der Waals surface area contributed by atoms with Crippen LogP contribution in [-0.4, -0.2) is 6.04 Å². The first kappa shape index (κ1) is 11.6. The normalized spacial score (nSPS) is 11.3. The Kier molecular flexibility index (Phi) is 4.49. The minimum atomic E-state index is 0.516. The summed E-state index contributed by atoms with van der Waals surface area (Å²) in [5, 5.41) is 0. The van der Waals surface area contributed by atoms with Crippen LogP contribution in [0.5, 0.6) is 0 Å². The molecule has 0 saturated heterocycles. The molecule has 0 amide bonds. The van der Waals surface area contributed by atoms with E-state index in [1.54, 1.807) is 11.9 Å². The van der Waals surface area contributed by atoms with Gasteiger partial charge in [0.1, 0.15) is 0 Å². The lowest BCUT2D eigenvalue weighted by Crippen LogP contribution is -2.13. The molecule has 0 bridgehead atoms. The number of rotatable bonds is 4. The number of nitrogens with one attached hydrogen (secondary N) is 1. The van der Waals surface area contributed by atoms with Gasteiger partial charge in [-0.25, -0.2) is 0 Å². The van der Waals surface area contributed by atoms with E-state index < -0.39 is 0 Å². The molecule has 0 aliphatic carbocycles. The Morgan fingerprint density at radius 1 is 1.14 bits per heavy atom. The van der Waals surface area contributed by atoms with Crippen LogP contribution in [0.2, 0.25) is 0 Å². The van der Waals surface area contributed by atoms with Gasteiger partial charge in [-0.15, -0.1) is 0 Å². The van der Waals surface area contributed by atoms with Crippen LogP contribution < -0.4 is 4.72 Å². The molecule has 14 heavy (non-hydrogen) atoms. The molecule has 2 heteroatoms. The van der Waals surface area contributed by atoms with Crippen molar-refractivity contribution in [1.82, 2.24) is 4.72 Å². The summed E-state index contributed by atoms with van der Waals surface area (Å²) in [6.07, 6.45) is 0. The zero-order valence-corrected chi connectivity index (χ0v) is 10.2. The van der Waals surface area contributed by atoms with Gasteiger partial charge in [0, 0.05) is 10.9 Å². The number of benzene rings is 1. The maximum absolute atomic E-state index is 3.34. The highest BCUT2D eigenvalue weighted by Gasteiger charge is 2.01. The monoisotopic (exact) mass is 209 g/mol. The standard InChI is InChI=1S/C12H19NS/c1-9(2)11-6-5-7-12(8-11)14-13-10(3)4/h5-10,13H,1-4H3. The van der Waals surface area contributed by atoms with E-state index in [4.69, 9.17) is 0 Å². The Hall–Kier alpha value is -0.470. The lowest BCUT2D eigenvalue weighted by atomic mass is 10.0. The molecule has 0 aromatic heterocycles. The molecule has 0 unspecified atom stereocenters. The minimum Gasteiger partial charge on any atom is -0.257 e. The van der Waals surface area contributed by atoms with Crippen LogP contribution in [0.3, 0.4) is 0 Å². The Labute approximate surface area is 91.4 Å². The van der Waals surface area contributed by atoms with Crippen LogP contribution in [0, 0.1) is 0 Å². The van der Waals surface area contributed by atoms with E-state index in [0.29, 0.717) is 12.0 Å². The average Bonchev–Trinajstić information content (AvgIpc) is 2.15. The number of hydrogen-bond donors (Lipinski definition) is 1. The van der Waals surface area contributed by atoms with E-state index >= 15 is 0 Å². The van der Waals surface area contributed by atoms with Crippen molar-refractivity contribution >= 4 is 11.9 Å². The lowest BCUT2D eigenvalue weighted by Gasteiger charge is -2.09. The Morgan fingerprint density at radius 3 is 2.43 bits per heavy atom. The molecule has 0 atom stereocenters. The highest BCUT2D eigenvalue weighted by Crippen LogP contribution is 2.21. The molecule has 0 radical (unpaired) electrons. The Bertz CT molecular complexity index is 281. The van der Waals surface area contributed by atoms with Crippen molar-refractivity contribution < 1.29 is 0 Å². The first-order valence-electron chi connectivity index (χ1n) is 5.12. The second-order valence-electron chi connectivity index (χ2n) is 4.10. The maximum atomic E-state index is 3.34. The highest BCUT2D eigenvalue weighted by molar-refractivity contribution is 7.97. The summed E-state index contributed by atoms with van der Waals surface area (Å²) < 4.78 is 3.34. The molecule has 0 fully saturated rings. The van der Waals surface area contributed by atoms with Crippen molar-refractivity contribution in [3.05, 3.63) is 29.8 Å². The molecule has 1 N–H and O–H groups in total. The van der Waals surface area contributed by atoms with Gasteiger partial charge in [0.25, 0.3) is 0 Å². The molecule has 0 heterocycles. The first-order valence-corrected chi connectivity index (χ1v) is 5.93. The first-order chi connectivity index (χ1) is 6.59. The van der Waals surface area contributed by atoms with Crippen LogP contribution in [0.4, 0.5) is 0 Å². The molecular weight excluding hydrogens is 190 g/mol. The van der Waals surface area contributed by atoms with Gasteiger partial charge in [-0.2, -0.15) is 0 Å². The Balaban J connectivity index is 2.64. The van der Waals surface area contributed by atoms with Crippen molar-refractivity contribution in [2.75, 3.05) is 0 Å². The van der Waals surface area contributed by atoms with Crippen molar-refractivity contribution in [1.29, 1.82) is 0 Å². The topological polar surface area (TPSA) is 12.0 Å². The van der Waals surface area contributed by atoms with Crippen molar-refractivity contribution in [3.63, 3.8) is 0 Å². The predicted molar refractivity (Wildman–Crippen MR) is 64.7 cm³/mol. The average molecular weight is 209 g/mol. The summed E-state index contributed by atoms with van der Waals surface area (Å²) in [7, 11) is 0. The van der Waals surface area contributed by atoms with Crippen molar-refractivity contribution in [3.8, 4) is 0 Å². The van der Waals surface area contributed by atoms with E-state index in [2.05, 4.69) is 56.7 Å². The quantitative estimate of drug-likeness (QED) is 0.757. The maximum Gasteiger partial charge on any atom is 0.0231 e. The lowest BCUT2D eigenvalue weighted by molar-refractivity contribution is 0.770. The molecule has 1 nitrogen and oxygen atoms in total. The number of hydrogen-bond acceptors (Lipinski definition) is 2. The fraction of sp³-hybridized carbons (Fsp3) is 0.500.